The average molecular weight is 751 g/mol. The van der Waals surface area contributed by atoms with Gasteiger partial charge in [0.15, 0.2) is 0 Å². The number of hydrogen-bond acceptors (Lipinski definition) is 1. The molecule has 0 atom stereocenters. The van der Waals surface area contributed by atoms with Gasteiger partial charge < -0.3 is 4.57 Å². The minimum absolute atomic E-state index is 0.953. The van der Waals surface area contributed by atoms with Gasteiger partial charge in [0, 0.05) is 27.4 Å². The first-order valence-corrected chi connectivity index (χ1v) is 20.2. The Bertz CT molecular complexity index is 3260. The van der Waals surface area contributed by atoms with E-state index in [0.29, 0.717) is 0 Å². The van der Waals surface area contributed by atoms with Gasteiger partial charge in [0.05, 0.1) is 22.4 Å². The molecule has 0 aliphatic carbocycles. The summed E-state index contributed by atoms with van der Waals surface area (Å²) in [5, 5.41) is 4.66. The van der Waals surface area contributed by atoms with Crippen molar-refractivity contribution >= 4 is 32.6 Å². The van der Waals surface area contributed by atoms with Gasteiger partial charge in [-0.2, -0.15) is 0 Å². The number of rotatable bonds is 7. The Morgan fingerprint density at radius 3 is 1.39 bits per heavy atom. The maximum atomic E-state index is 5.47. The van der Waals surface area contributed by atoms with Crippen molar-refractivity contribution in [1.29, 1.82) is 0 Å². The first-order chi connectivity index (χ1) is 29.2. The second-order valence-corrected chi connectivity index (χ2v) is 15.1. The lowest BCUT2D eigenvalue weighted by molar-refractivity contribution is 1.13. The monoisotopic (exact) mass is 750 g/mol. The maximum absolute atomic E-state index is 5.47. The molecule has 2 heteroatoms. The molecule has 0 spiro atoms. The molecule has 0 aliphatic heterocycles. The summed E-state index contributed by atoms with van der Waals surface area (Å²) in [6.45, 7) is 0. The molecule has 0 aliphatic rings. The molecule has 0 fully saturated rings. The highest BCUT2D eigenvalue weighted by molar-refractivity contribution is 6.16. The summed E-state index contributed by atoms with van der Waals surface area (Å²) in [5.74, 6) is 0. The number of fused-ring (bicyclic) bond motifs is 4. The Kier molecular flexibility index (Phi) is 8.52. The third-order valence-corrected chi connectivity index (χ3v) is 11.6. The predicted molar refractivity (Wildman–Crippen MR) is 249 cm³/mol. The Morgan fingerprint density at radius 2 is 0.763 bits per heavy atom. The molecular weight excluding hydrogens is 713 g/mol. The van der Waals surface area contributed by atoms with E-state index in [9.17, 15) is 0 Å². The zero-order valence-electron chi connectivity index (χ0n) is 32.3. The van der Waals surface area contributed by atoms with Gasteiger partial charge in [0.2, 0.25) is 0 Å². The summed E-state index contributed by atoms with van der Waals surface area (Å²) in [5.41, 5.74) is 17.2. The first kappa shape index (κ1) is 34.4. The van der Waals surface area contributed by atoms with Crippen molar-refractivity contribution in [2.75, 3.05) is 0 Å². The van der Waals surface area contributed by atoms with Crippen molar-refractivity contribution in [1.82, 2.24) is 9.55 Å². The molecule has 0 unspecified atom stereocenters. The molecule has 11 rings (SSSR count). The molecule has 2 nitrogen and oxygen atoms in total. The van der Waals surface area contributed by atoms with Crippen LogP contribution in [0.3, 0.4) is 0 Å². The molecule has 0 saturated carbocycles. The number of aromatic nitrogens is 2. The molecule has 0 N–H and O–H groups in total. The normalized spacial score (nSPS) is 11.4. The van der Waals surface area contributed by atoms with Crippen LogP contribution in [0.4, 0.5) is 0 Å². The molecule has 11 aromatic rings. The fraction of sp³-hybridized carbons (Fsp3) is 0. The van der Waals surface area contributed by atoms with Crippen LogP contribution in [0.5, 0.6) is 0 Å². The summed E-state index contributed by atoms with van der Waals surface area (Å²) in [7, 11) is 0. The van der Waals surface area contributed by atoms with Gasteiger partial charge in [0.1, 0.15) is 0 Å². The lowest BCUT2D eigenvalue weighted by Crippen LogP contribution is -1.97. The molecular formula is C57H38N2. The van der Waals surface area contributed by atoms with E-state index in [1.165, 1.54) is 55.4 Å². The highest BCUT2D eigenvalue weighted by Crippen LogP contribution is 2.41. The van der Waals surface area contributed by atoms with Gasteiger partial charge in [-0.25, -0.2) is 4.98 Å². The second-order valence-electron chi connectivity index (χ2n) is 15.1. The molecule has 0 amide bonds. The third kappa shape index (κ3) is 6.28. The summed E-state index contributed by atoms with van der Waals surface area (Å²) in [6, 6.07) is 83.0. The van der Waals surface area contributed by atoms with Gasteiger partial charge in [-0.05, 0) is 91.9 Å². The first-order valence-electron chi connectivity index (χ1n) is 20.2. The Morgan fingerprint density at radius 1 is 0.305 bits per heavy atom. The number of pyridine rings is 1. The van der Waals surface area contributed by atoms with Crippen LogP contribution in [-0.4, -0.2) is 9.55 Å². The highest BCUT2D eigenvalue weighted by Gasteiger charge is 2.18. The zero-order chi connectivity index (χ0) is 39.1. The van der Waals surface area contributed by atoms with Gasteiger partial charge in [-0.15, -0.1) is 0 Å². The molecule has 276 valence electrons. The van der Waals surface area contributed by atoms with Gasteiger partial charge in [-0.3, -0.25) is 0 Å². The molecule has 0 bridgehead atoms. The van der Waals surface area contributed by atoms with E-state index < -0.39 is 0 Å². The fourth-order valence-electron chi connectivity index (χ4n) is 8.66. The van der Waals surface area contributed by atoms with E-state index >= 15 is 0 Å². The molecule has 0 saturated heterocycles. The minimum Gasteiger partial charge on any atom is -0.309 e. The van der Waals surface area contributed by atoms with E-state index in [-0.39, 0.29) is 0 Å². The lowest BCUT2D eigenvalue weighted by Gasteiger charge is -2.17. The number of nitrogens with zero attached hydrogens (tertiary/aromatic N) is 2. The van der Waals surface area contributed by atoms with Crippen molar-refractivity contribution < 1.29 is 0 Å². The topological polar surface area (TPSA) is 17.8 Å². The van der Waals surface area contributed by atoms with E-state index in [2.05, 4.69) is 235 Å². The molecule has 9 aromatic carbocycles. The average Bonchev–Trinajstić information content (AvgIpc) is 3.72. The standard InChI is InChI=1S/C57H38N2/c1-4-14-39(15-5-1)41-24-28-43(29-25-41)52-38-54(45-30-26-42(27-31-45)40-16-6-2-7-17-40)58-57-50-22-12-11-21-49(50)51(37-53(52)57)44-32-34-48(35-33-44)59-55-23-13-10-20-47(55)36-56(59)46-18-8-3-9-19-46/h1-38H. The predicted octanol–water partition coefficient (Wildman–Crippen LogP) is 15.3. The zero-order valence-corrected chi connectivity index (χ0v) is 32.3. The number of para-hydroxylation sites is 1. The van der Waals surface area contributed by atoms with Gasteiger partial charge in [-0.1, -0.05) is 194 Å². The Labute approximate surface area is 344 Å². The Balaban J connectivity index is 1.08. The van der Waals surface area contributed by atoms with Crippen molar-refractivity contribution in [3.05, 3.63) is 231 Å². The van der Waals surface area contributed by atoms with Crippen molar-refractivity contribution in [3.8, 4) is 72.7 Å². The van der Waals surface area contributed by atoms with Gasteiger partial charge >= 0.3 is 0 Å². The molecule has 59 heavy (non-hydrogen) atoms. The minimum atomic E-state index is 0.953. The number of benzene rings is 9. The molecule has 2 aromatic heterocycles. The SMILES string of the molecule is c1ccc(-c2ccc(-c3cc(-c4ccc(-c5ccccc5)cc4)c4cc(-c5ccc(-n6c(-c7ccccc7)cc7ccccc76)cc5)c5ccccc5c4n3)cc2)cc1. The summed E-state index contributed by atoms with van der Waals surface area (Å²) < 4.78 is 2.38. The fourth-order valence-corrected chi connectivity index (χ4v) is 8.66. The smallest absolute Gasteiger partial charge is 0.0794 e. The highest BCUT2D eigenvalue weighted by atomic mass is 15.0. The van der Waals surface area contributed by atoms with Crippen LogP contribution in [0.2, 0.25) is 0 Å². The summed E-state index contributed by atoms with van der Waals surface area (Å²) >= 11 is 0. The quantitative estimate of drug-likeness (QED) is 0.148. The van der Waals surface area contributed by atoms with Crippen molar-refractivity contribution in [2.45, 2.75) is 0 Å². The second kappa shape index (κ2) is 14.6. The van der Waals surface area contributed by atoms with Crippen LogP contribution >= 0.6 is 0 Å². The third-order valence-electron chi connectivity index (χ3n) is 11.6. The van der Waals surface area contributed by atoms with E-state index in [1.807, 2.05) is 0 Å². The van der Waals surface area contributed by atoms with Crippen LogP contribution < -0.4 is 0 Å². The molecule has 2 heterocycles. The number of hydrogen-bond donors (Lipinski definition) is 0. The van der Waals surface area contributed by atoms with Crippen LogP contribution in [0.15, 0.2) is 231 Å². The van der Waals surface area contributed by atoms with Crippen LogP contribution in [0.25, 0.3) is 105 Å². The van der Waals surface area contributed by atoms with E-state index in [4.69, 9.17) is 4.98 Å². The summed E-state index contributed by atoms with van der Waals surface area (Å²) in [6.07, 6.45) is 0. The van der Waals surface area contributed by atoms with E-state index in [0.717, 1.165) is 49.9 Å². The summed E-state index contributed by atoms with van der Waals surface area (Å²) in [4.78, 5) is 5.47. The van der Waals surface area contributed by atoms with Crippen molar-refractivity contribution in [2.24, 2.45) is 0 Å². The van der Waals surface area contributed by atoms with Crippen LogP contribution in [0.1, 0.15) is 0 Å². The van der Waals surface area contributed by atoms with Crippen LogP contribution in [0, 0.1) is 0 Å². The van der Waals surface area contributed by atoms with Crippen LogP contribution in [-0.2, 0) is 0 Å². The van der Waals surface area contributed by atoms with Gasteiger partial charge in [0.25, 0.3) is 0 Å². The largest absolute Gasteiger partial charge is 0.309 e. The lowest BCUT2D eigenvalue weighted by atomic mass is 9.90. The van der Waals surface area contributed by atoms with Crippen molar-refractivity contribution in [3.63, 3.8) is 0 Å². The Hall–Kier alpha value is -7.81. The van der Waals surface area contributed by atoms with E-state index in [1.54, 1.807) is 0 Å². The molecule has 0 radical (unpaired) electrons. The maximum Gasteiger partial charge on any atom is 0.0794 e.